The number of hydrogen-bond donors (Lipinski definition) is 1. The van der Waals surface area contributed by atoms with Crippen LogP contribution in [0.3, 0.4) is 0 Å². The van der Waals surface area contributed by atoms with Crippen LogP contribution in [0.5, 0.6) is 0 Å². The first kappa shape index (κ1) is 15.3. The van der Waals surface area contributed by atoms with E-state index in [0.29, 0.717) is 18.2 Å². The van der Waals surface area contributed by atoms with Crippen molar-refractivity contribution in [2.45, 2.75) is 12.5 Å². The van der Waals surface area contributed by atoms with Crippen LogP contribution in [0.4, 0.5) is 5.69 Å². The van der Waals surface area contributed by atoms with Crippen LogP contribution in [0, 0.1) is 0 Å². The topological polar surface area (TPSA) is 46.3 Å². The summed E-state index contributed by atoms with van der Waals surface area (Å²) in [4.78, 5) is 12.5. The second kappa shape index (κ2) is 8.35. The predicted molar refractivity (Wildman–Crippen MR) is 77.5 cm³/mol. The lowest BCUT2D eigenvalue weighted by molar-refractivity contribution is 0.541. The van der Waals surface area contributed by atoms with Crippen molar-refractivity contribution < 1.29 is 4.79 Å². The lowest BCUT2D eigenvalue weighted by Gasteiger charge is -2.23. The van der Waals surface area contributed by atoms with Crippen LogP contribution >= 0.6 is 23.2 Å². The molecule has 2 N–H and O–H groups in total. The maximum absolute atomic E-state index is 10.4. The van der Waals surface area contributed by atoms with Crippen molar-refractivity contribution in [1.29, 1.82) is 0 Å². The second-order valence-electron chi connectivity index (χ2n) is 3.96. The van der Waals surface area contributed by atoms with Crippen molar-refractivity contribution in [2.24, 2.45) is 5.73 Å². The minimum atomic E-state index is -0.574. The van der Waals surface area contributed by atoms with Crippen LogP contribution in [0.15, 0.2) is 24.3 Å². The molecule has 0 fully saturated rings. The van der Waals surface area contributed by atoms with E-state index in [1.54, 1.807) is 6.29 Å². The van der Waals surface area contributed by atoms with Crippen molar-refractivity contribution >= 4 is 35.2 Å². The summed E-state index contributed by atoms with van der Waals surface area (Å²) in [7, 11) is 0. The molecule has 0 saturated heterocycles. The lowest BCUT2D eigenvalue weighted by Crippen LogP contribution is -2.28. The molecule has 18 heavy (non-hydrogen) atoms. The van der Waals surface area contributed by atoms with Gasteiger partial charge in [0.05, 0.1) is 6.04 Å². The summed E-state index contributed by atoms with van der Waals surface area (Å²) in [6.45, 7) is 1.48. The van der Waals surface area contributed by atoms with Gasteiger partial charge in [-0.15, -0.1) is 23.2 Å². The number of carbonyl (C=O) groups excluding carboxylic acids is 1. The molecule has 1 radical (unpaired) electrons. The van der Waals surface area contributed by atoms with Crippen LogP contribution in [-0.2, 0) is 11.2 Å². The minimum absolute atomic E-state index is 0.493. The maximum Gasteiger partial charge on any atom is 0.217 e. The van der Waals surface area contributed by atoms with Gasteiger partial charge < -0.3 is 10.6 Å². The number of rotatable bonds is 8. The largest absolute Gasteiger partial charge is 0.369 e. The molecular weight excluding hydrogens is 271 g/mol. The summed E-state index contributed by atoms with van der Waals surface area (Å²) < 4.78 is 0. The normalized spacial score (nSPS) is 12.2. The van der Waals surface area contributed by atoms with Gasteiger partial charge >= 0.3 is 0 Å². The molecule has 1 aromatic rings. The zero-order valence-corrected chi connectivity index (χ0v) is 11.6. The Morgan fingerprint density at radius 2 is 1.94 bits per heavy atom. The summed E-state index contributed by atoms with van der Waals surface area (Å²) in [6, 6.07) is 7.32. The van der Waals surface area contributed by atoms with Gasteiger partial charge in [-0.05, 0) is 24.1 Å². The molecule has 0 spiro atoms. The standard InChI is InChI=1S/C13H17Cl2N2O/c14-4-6-17(7-5-15)13-3-1-2-11(9-13)8-12(16)10-18/h1-3,9,12H,4-8,16H2/t12-/m0/s1. The molecule has 99 valence electrons. The molecule has 0 aromatic heterocycles. The minimum Gasteiger partial charge on any atom is -0.369 e. The number of benzene rings is 1. The van der Waals surface area contributed by atoms with Gasteiger partial charge in [0, 0.05) is 30.5 Å². The first-order valence-electron chi connectivity index (χ1n) is 5.80. The first-order chi connectivity index (χ1) is 8.71. The van der Waals surface area contributed by atoms with Crippen LogP contribution < -0.4 is 10.6 Å². The number of hydrogen-bond acceptors (Lipinski definition) is 3. The fraction of sp³-hybridized carbons (Fsp3) is 0.462. The molecule has 5 heteroatoms. The summed E-state index contributed by atoms with van der Waals surface area (Å²) in [5.41, 5.74) is 7.63. The highest BCUT2D eigenvalue weighted by Crippen LogP contribution is 2.17. The Morgan fingerprint density at radius 3 is 2.50 bits per heavy atom. The zero-order valence-electron chi connectivity index (χ0n) is 10.1. The number of anilines is 1. The number of halogens is 2. The summed E-state index contributed by atoms with van der Waals surface area (Å²) in [5.74, 6) is 1.09. The Bertz CT molecular complexity index is 368. The Labute approximate surface area is 118 Å². The third kappa shape index (κ3) is 4.84. The monoisotopic (exact) mass is 287 g/mol. The molecule has 1 atom stereocenters. The number of alkyl halides is 2. The third-order valence-corrected chi connectivity index (χ3v) is 2.93. The molecule has 0 aliphatic heterocycles. The van der Waals surface area contributed by atoms with Gasteiger partial charge in [0.1, 0.15) is 0 Å². The first-order valence-corrected chi connectivity index (χ1v) is 6.87. The van der Waals surface area contributed by atoms with Gasteiger partial charge in [-0.3, -0.25) is 4.79 Å². The Kier molecular flexibility index (Phi) is 7.09. The van der Waals surface area contributed by atoms with Gasteiger partial charge in [0.25, 0.3) is 0 Å². The summed E-state index contributed by atoms with van der Waals surface area (Å²) in [6.07, 6.45) is 2.28. The second-order valence-corrected chi connectivity index (χ2v) is 4.72. The predicted octanol–water partition coefficient (Wildman–Crippen LogP) is 1.95. The average Bonchev–Trinajstić information content (AvgIpc) is 2.38. The maximum atomic E-state index is 10.4. The summed E-state index contributed by atoms with van der Waals surface area (Å²) >= 11 is 11.5. The van der Waals surface area contributed by atoms with Gasteiger partial charge in [-0.2, -0.15) is 0 Å². The zero-order chi connectivity index (χ0) is 13.4. The highest BCUT2D eigenvalue weighted by atomic mass is 35.5. The van der Waals surface area contributed by atoms with Gasteiger partial charge in [-0.1, -0.05) is 12.1 Å². The Balaban J connectivity index is 2.80. The molecule has 0 heterocycles. The molecule has 0 bridgehead atoms. The SMILES string of the molecule is N[C@H]([C]=O)Cc1cccc(N(CCCl)CCCl)c1. The number of nitrogens with zero attached hydrogens (tertiary/aromatic N) is 1. The highest BCUT2D eigenvalue weighted by Gasteiger charge is 2.08. The van der Waals surface area contributed by atoms with E-state index in [2.05, 4.69) is 4.90 Å². The van der Waals surface area contributed by atoms with E-state index in [9.17, 15) is 4.79 Å². The van der Waals surface area contributed by atoms with Crippen LogP contribution in [0.1, 0.15) is 5.56 Å². The third-order valence-electron chi connectivity index (χ3n) is 2.59. The van der Waals surface area contributed by atoms with Crippen molar-refractivity contribution in [1.82, 2.24) is 0 Å². The van der Waals surface area contributed by atoms with Crippen molar-refractivity contribution in [3.8, 4) is 0 Å². The van der Waals surface area contributed by atoms with E-state index >= 15 is 0 Å². The smallest absolute Gasteiger partial charge is 0.217 e. The lowest BCUT2D eigenvalue weighted by atomic mass is 10.1. The van der Waals surface area contributed by atoms with Crippen LogP contribution in [-0.4, -0.2) is 37.2 Å². The molecule has 0 unspecified atom stereocenters. The highest BCUT2D eigenvalue weighted by molar-refractivity contribution is 6.18. The molecule has 0 aliphatic carbocycles. The van der Waals surface area contributed by atoms with E-state index in [1.807, 2.05) is 24.3 Å². The van der Waals surface area contributed by atoms with Crippen LogP contribution in [0.2, 0.25) is 0 Å². The fourth-order valence-corrected chi connectivity index (χ4v) is 2.16. The van der Waals surface area contributed by atoms with E-state index in [1.165, 1.54) is 0 Å². The quantitative estimate of drug-likeness (QED) is 0.744. The van der Waals surface area contributed by atoms with E-state index in [-0.39, 0.29) is 0 Å². The average molecular weight is 288 g/mol. The van der Waals surface area contributed by atoms with Crippen molar-refractivity contribution in [2.75, 3.05) is 29.7 Å². The van der Waals surface area contributed by atoms with E-state index in [0.717, 1.165) is 24.3 Å². The Hall–Kier alpha value is -0.770. The van der Waals surface area contributed by atoms with E-state index in [4.69, 9.17) is 28.9 Å². The molecule has 0 amide bonds. The molecule has 0 aliphatic rings. The Morgan fingerprint density at radius 1 is 1.28 bits per heavy atom. The molecule has 3 nitrogen and oxygen atoms in total. The number of nitrogens with two attached hydrogens (primary N) is 1. The molecule has 0 saturated carbocycles. The molecule has 1 aromatic carbocycles. The van der Waals surface area contributed by atoms with Crippen molar-refractivity contribution in [3.05, 3.63) is 29.8 Å². The fourth-order valence-electron chi connectivity index (χ4n) is 1.75. The van der Waals surface area contributed by atoms with Gasteiger partial charge in [0.2, 0.25) is 6.29 Å². The van der Waals surface area contributed by atoms with Crippen molar-refractivity contribution in [3.63, 3.8) is 0 Å². The van der Waals surface area contributed by atoms with Crippen LogP contribution in [0.25, 0.3) is 0 Å². The molecular formula is C13H17Cl2N2O. The molecule has 1 rings (SSSR count). The van der Waals surface area contributed by atoms with Gasteiger partial charge in [-0.25, -0.2) is 0 Å². The van der Waals surface area contributed by atoms with Gasteiger partial charge in [0.15, 0.2) is 0 Å². The van der Waals surface area contributed by atoms with E-state index < -0.39 is 6.04 Å². The summed E-state index contributed by atoms with van der Waals surface area (Å²) in [5, 5.41) is 0.